The molecule has 4 saturated heterocycles. The minimum absolute atomic E-state index is 0.0209. The summed E-state index contributed by atoms with van der Waals surface area (Å²) in [4.78, 5) is 20.6. The van der Waals surface area contributed by atoms with Crippen LogP contribution in [0.25, 0.3) is 0 Å². The smallest absolute Gasteiger partial charge is 0.251 e. The Balaban J connectivity index is 1.30. The molecule has 4 aliphatic rings. The molecule has 6 nitrogen and oxygen atoms in total. The molecule has 3 atom stereocenters. The van der Waals surface area contributed by atoms with Gasteiger partial charge in [0.15, 0.2) is 0 Å². The van der Waals surface area contributed by atoms with E-state index in [1.54, 1.807) is 5.06 Å². The Kier molecular flexibility index (Phi) is 5.37. The molecule has 0 bridgehead atoms. The molecule has 4 aliphatic heterocycles. The lowest BCUT2D eigenvalue weighted by atomic mass is 9.82. The molecular weight excluding hydrogens is 308 g/mol. The van der Waals surface area contributed by atoms with E-state index in [2.05, 4.69) is 4.90 Å². The highest BCUT2D eigenvalue weighted by molar-refractivity contribution is 5.78. The van der Waals surface area contributed by atoms with Crippen molar-refractivity contribution in [1.82, 2.24) is 9.96 Å². The Labute approximate surface area is 144 Å². The van der Waals surface area contributed by atoms with E-state index in [1.165, 1.54) is 19.4 Å². The fourth-order valence-corrected chi connectivity index (χ4v) is 4.66. The number of likely N-dealkylation sites (tertiary alicyclic amines) is 1. The van der Waals surface area contributed by atoms with E-state index in [-0.39, 0.29) is 11.8 Å². The van der Waals surface area contributed by atoms with Crippen molar-refractivity contribution in [2.24, 2.45) is 17.8 Å². The van der Waals surface area contributed by atoms with Gasteiger partial charge in [-0.3, -0.25) is 9.63 Å². The average Bonchev–Trinajstić information content (AvgIpc) is 3.16. The van der Waals surface area contributed by atoms with Crippen LogP contribution in [0.4, 0.5) is 0 Å². The normalized spacial score (nSPS) is 35.8. The second-order valence-corrected chi connectivity index (χ2v) is 7.80. The minimum atomic E-state index is -0.0209. The Hall–Kier alpha value is -0.690. The Bertz CT molecular complexity index is 435. The van der Waals surface area contributed by atoms with Crippen LogP contribution in [0.1, 0.15) is 32.1 Å². The number of piperidine rings is 1. The van der Waals surface area contributed by atoms with Crippen molar-refractivity contribution in [3.05, 3.63) is 0 Å². The molecular formula is C18H30N2O4. The first-order valence-electron chi connectivity index (χ1n) is 9.65. The molecule has 6 heteroatoms. The zero-order chi connectivity index (χ0) is 16.4. The minimum Gasteiger partial charge on any atom is -0.381 e. The van der Waals surface area contributed by atoms with E-state index < -0.39 is 0 Å². The number of hydroxylamine groups is 2. The molecule has 0 spiro atoms. The lowest BCUT2D eigenvalue weighted by Crippen LogP contribution is -2.51. The number of hydrogen-bond acceptors (Lipinski definition) is 5. The van der Waals surface area contributed by atoms with Crippen molar-refractivity contribution >= 4 is 5.91 Å². The summed E-state index contributed by atoms with van der Waals surface area (Å²) in [6.45, 7) is 7.20. The average molecular weight is 338 g/mol. The first-order valence-corrected chi connectivity index (χ1v) is 9.65. The van der Waals surface area contributed by atoms with Crippen molar-refractivity contribution in [3.63, 3.8) is 0 Å². The SMILES string of the molecule is O=C([C@@H]1CO[C@@H]2CCN(CC3CCOCC3)C[C@@H]2C1)N1CCCO1. The van der Waals surface area contributed by atoms with Gasteiger partial charge >= 0.3 is 0 Å². The van der Waals surface area contributed by atoms with Crippen LogP contribution < -0.4 is 0 Å². The highest BCUT2D eigenvalue weighted by Gasteiger charge is 2.40. The third-order valence-corrected chi connectivity index (χ3v) is 6.05. The summed E-state index contributed by atoms with van der Waals surface area (Å²) in [6.07, 6.45) is 5.73. The summed E-state index contributed by atoms with van der Waals surface area (Å²) in [5.41, 5.74) is 0. The Morgan fingerprint density at radius 1 is 1.08 bits per heavy atom. The molecule has 4 heterocycles. The zero-order valence-corrected chi connectivity index (χ0v) is 14.5. The standard InChI is InChI=1S/C18H30N2O4/c21-18(20-5-1-7-24-20)16-10-15-12-19(6-2-17(15)23-13-16)11-14-3-8-22-9-4-14/h14-17H,1-13H2/t15-,16-,17+/m0/s1. The van der Waals surface area contributed by atoms with E-state index in [0.717, 1.165) is 58.0 Å². The largest absolute Gasteiger partial charge is 0.381 e. The van der Waals surface area contributed by atoms with E-state index in [9.17, 15) is 4.79 Å². The zero-order valence-electron chi connectivity index (χ0n) is 14.5. The Morgan fingerprint density at radius 2 is 1.96 bits per heavy atom. The van der Waals surface area contributed by atoms with Gasteiger partial charge in [-0.25, -0.2) is 5.06 Å². The molecule has 0 aromatic heterocycles. The van der Waals surface area contributed by atoms with Crippen LogP contribution in [-0.2, 0) is 19.1 Å². The monoisotopic (exact) mass is 338 g/mol. The summed E-state index contributed by atoms with van der Waals surface area (Å²) in [5, 5.41) is 1.57. The van der Waals surface area contributed by atoms with Crippen molar-refractivity contribution in [2.45, 2.75) is 38.2 Å². The summed E-state index contributed by atoms with van der Waals surface area (Å²) >= 11 is 0. The van der Waals surface area contributed by atoms with Gasteiger partial charge in [0, 0.05) is 32.8 Å². The van der Waals surface area contributed by atoms with E-state index in [4.69, 9.17) is 14.3 Å². The topological polar surface area (TPSA) is 51.2 Å². The van der Waals surface area contributed by atoms with Gasteiger partial charge in [-0.2, -0.15) is 0 Å². The molecule has 0 radical (unpaired) electrons. The first kappa shape index (κ1) is 16.8. The van der Waals surface area contributed by atoms with Gasteiger partial charge in [0.1, 0.15) is 0 Å². The number of carbonyl (C=O) groups is 1. The molecule has 24 heavy (non-hydrogen) atoms. The number of ether oxygens (including phenoxy) is 2. The van der Waals surface area contributed by atoms with Gasteiger partial charge in [0.25, 0.3) is 5.91 Å². The molecule has 0 aromatic rings. The van der Waals surface area contributed by atoms with Crippen molar-refractivity contribution in [2.75, 3.05) is 52.6 Å². The van der Waals surface area contributed by atoms with Crippen LogP contribution in [0.15, 0.2) is 0 Å². The van der Waals surface area contributed by atoms with Crippen LogP contribution in [-0.4, -0.2) is 74.6 Å². The number of carbonyl (C=O) groups excluding carboxylic acids is 1. The molecule has 0 unspecified atom stereocenters. The highest BCUT2D eigenvalue weighted by atomic mass is 16.7. The maximum Gasteiger partial charge on any atom is 0.251 e. The van der Waals surface area contributed by atoms with Gasteiger partial charge in [-0.05, 0) is 43.9 Å². The third kappa shape index (κ3) is 3.77. The molecule has 136 valence electrons. The van der Waals surface area contributed by atoms with Crippen molar-refractivity contribution in [1.29, 1.82) is 0 Å². The fraction of sp³-hybridized carbons (Fsp3) is 0.944. The summed E-state index contributed by atoms with van der Waals surface area (Å²) in [5.74, 6) is 1.37. The van der Waals surface area contributed by atoms with Gasteiger partial charge < -0.3 is 14.4 Å². The molecule has 0 aromatic carbocycles. The van der Waals surface area contributed by atoms with E-state index in [0.29, 0.717) is 25.2 Å². The van der Waals surface area contributed by atoms with Crippen molar-refractivity contribution < 1.29 is 19.1 Å². The predicted molar refractivity (Wildman–Crippen MR) is 88.2 cm³/mol. The fourth-order valence-electron chi connectivity index (χ4n) is 4.66. The molecule has 4 rings (SSSR count). The summed E-state index contributed by atoms with van der Waals surface area (Å²) in [6, 6.07) is 0. The number of rotatable bonds is 3. The molecule has 4 fully saturated rings. The number of fused-ring (bicyclic) bond motifs is 1. The predicted octanol–water partition coefficient (Wildman–Crippen LogP) is 1.30. The van der Waals surface area contributed by atoms with Crippen LogP contribution >= 0.6 is 0 Å². The second-order valence-electron chi connectivity index (χ2n) is 7.80. The van der Waals surface area contributed by atoms with Gasteiger partial charge in [-0.1, -0.05) is 0 Å². The Morgan fingerprint density at radius 3 is 2.75 bits per heavy atom. The molecule has 0 aliphatic carbocycles. The first-order chi connectivity index (χ1) is 11.8. The van der Waals surface area contributed by atoms with Crippen LogP contribution in [0.3, 0.4) is 0 Å². The second kappa shape index (κ2) is 7.68. The maximum atomic E-state index is 12.6. The van der Waals surface area contributed by atoms with Gasteiger partial charge in [0.05, 0.1) is 31.8 Å². The van der Waals surface area contributed by atoms with Crippen LogP contribution in [0.2, 0.25) is 0 Å². The number of hydrogen-bond donors (Lipinski definition) is 0. The molecule has 1 amide bonds. The lowest BCUT2D eigenvalue weighted by molar-refractivity contribution is -0.183. The van der Waals surface area contributed by atoms with Gasteiger partial charge in [-0.15, -0.1) is 0 Å². The molecule has 0 saturated carbocycles. The van der Waals surface area contributed by atoms with Crippen molar-refractivity contribution in [3.8, 4) is 0 Å². The summed E-state index contributed by atoms with van der Waals surface area (Å²) in [7, 11) is 0. The van der Waals surface area contributed by atoms with E-state index >= 15 is 0 Å². The number of amides is 1. The third-order valence-electron chi connectivity index (χ3n) is 6.05. The van der Waals surface area contributed by atoms with E-state index in [1.807, 2.05) is 0 Å². The maximum absolute atomic E-state index is 12.6. The quantitative estimate of drug-likeness (QED) is 0.776. The molecule has 0 N–H and O–H groups in total. The highest BCUT2D eigenvalue weighted by Crippen LogP contribution is 2.33. The summed E-state index contributed by atoms with van der Waals surface area (Å²) < 4.78 is 11.5. The van der Waals surface area contributed by atoms with Crippen LogP contribution in [0.5, 0.6) is 0 Å². The number of nitrogens with zero attached hydrogens (tertiary/aromatic N) is 2. The van der Waals surface area contributed by atoms with Gasteiger partial charge in [0.2, 0.25) is 0 Å². The lowest BCUT2D eigenvalue weighted by Gasteiger charge is -2.44. The van der Waals surface area contributed by atoms with Crippen LogP contribution in [0, 0.1) is 17.8 Å².